The smallest absolute Gasteiger partial charge is 0.335 e. The second kappa shape index (κ2) is 5.81. The van der Waals surface area contributed by atoms with Crippen LogP contribution in [-0.2, 0) is 11.3 Å². The number of carboxylic acid groups (broad SMARTS) is 1. The number of carbonyl (C=O) groups excluding carboxylic acids is 1. The maximum atomic E-state index is 12.2. The molecular formula is C17H12N2O4. The average molecular weight is 308 g/mol. The topological polar surface area (TPSA) is 90.6 Å². The van der Waals surface area contributed by atoms with Crippen LogP contribution in [0.3, 0.4) is 0 Å². The number of nitriles is 1. The second-order valence-electron chi connectivity index (χ2n) is 5.07. The number of anilines is 1. The zero-order valence-corrected chi connectivity index (χ0v) is 12.0. The van der Waals surface area contributed by atoms with E-state index in [1.54, 1.807) is 24.3 Å². The number of hydrogen-bond donors (Lipinski definition) is 1. The summed E-state index contributed by atoms with van der Waals surface area (Å²) in [6.07, 6.45) is 0. The molecule has 0 fully saturated rings. The van der Waals surface area contributed by atoms with Gasteiger partial charge in [-0.25, -0.2) is 4.79 Å². The van der Waals surface area contributed by atoms with Gasteiger partial charge in [-0.2, -0.15) is 5.26 Å². The monoisotopic (exact) mass is 308 g/mol. The first-order chi connectivity index (χ1) is 11.1. The predicted octanol–water partition coefficient (Wildman–Crippen LogP) is 2.18. The lowest BCUT2D eigenvalue weighted by molar-refractivity contribution is -0.121. The fourth-order valence-corrected chi connectivity index (χ4v) is 2.43. The third-order valence-electron chi connectivity index (χ3n) is 3.55. The Morgan fingerprint density at radius 2 is 2.13 bits per heavy atom. The number of ether oxygens (including phenoxy) is 1. The van der Waals surface area contributed by atoms with Crippen molar-refractivity contribution < 1.29 is 19.4 Å². The van der Waals surface area contributed by atoms with Crippen molar-refractivity contribution >= 4 is 17.6 Å². The van der Waals surface area contributed by atoms with Crippen LogP contribution in [-0.4, -0.2) is 23.6 Å². The Bertz CT molecular complexity index is 839. The molecule has 1 heterocycles. The molecule has 0 bridgehead atoms. The van der Waals surface area contributed by atoms with Crippen molar-refractivity contribution in [3.8, 4) is 11.8 Å². The summed E-state index contributed by atoms with van der Waals surface area (Å²) in [5.41, 5.74) is 1.95. The maximum Gasteiger partial charge on any atom is 0.335 e. The summed E-state index contributed by atoms with van der Waals surface area (Å²) in [7, 11) is 0. The molecule has 0 unspecified atom stereocenters. The van der Waals surface area contributed by atoms with Gasteiger partial charge in [-0.3, -0.25) is 4.79 Å². The largest absolute Gasteiger partial charge is 0.482 e. The highest BCUT2D eigenvalue weighted by Gasteiger charge is 2.26. The summed E-state index contributed by atoms with van der Waals surface area (Å²) in [6.45, 7) is 0.144. The summed E-state index contributed by atoms with van der Waals surface area (Å²) < 4.78 is 5.33. The van der Waals surface area contributed by atoms with Crippen molar-refractivity contribution in [2.24, 2.45) is 0 Å². The highest BCUT2D eigenvalue weighted by Crippen LogP contribution is 2.34. The van der Waals surface area contributed by atoms with Gasteiger partial charge in [-0.1, -0.05) is 12.1 Å². The minimum atomic E-state index is -1.05. The van der Waals surface area contributed by atoms with Crippen LogP contribution in [0, 0.1) is 11.3 Å². The molecule has 1 aliphatic heterocycles. The first-order valence-corrected chi connectivity index (χ1v) is 6.88. The number of carbonyl (C=O) groups is 2. The third kappa shape index (κ3) is 2.85. The molecule has 23 heavy (non-hydrogen) atoms. The van der Waals surface area contributed by atoms with Crippen LogP contribution in [0.4, 0.5) is 5.69 Å². The fraction of sp³-hybridized carbons (Fsp3) is 0.118. The number of hydrogen-bond acceptors (Lipinski definition) is 4. The molecule has 1 N–H and O–H groups in total. The molecule has 6 heteroatoms. The summed E-state index contributed by atoms with van der Waals surface area (Å²) in [4.78, 5) is 24.7. The molecule has 1 aliphatic rings. The molecule has 2 aromatic rings. The number of rotatable bonds is 3. The highest BCUT2D eigenvalue weighted by atomic mass is 16.5. The van der Waals surface area contributed by atoms with E-state index in [1.165, 1.54) is 17.0 Å². The number of nitrogens with zero attached hydrogens (tertiary/aromatic N) is 2. The Morgan fingerprint density at radius 3 is 2.87 bits per heavy atom. The van der Waals surface area contributed by atoms with Crippen molar-refractivity contribution in [1.29, 1.82) is 5.26 Å². The summed E-state index contributed by atoms with van der Waals surface area (Å²) >= 11 is 0. The zero-order valence-electron chi connectivity index (χ0n) is 12.0. The molecule has 0 spiro atoms. The second-order valence-corrected chi connectivity index (χ2v) is 5.07. The fourth-order valence-electron chi connectivity index (χ4n) is 2.43. The normalized spacial score (nSPS) is 13.0. The van der Waals surface area contributed by atoms with Gasteiger partial charge < -0.3 is 14.7 Å². The van der Waals surface area contributed by atoms with Crippen LogP contribution in [0.15, 0.2) is 42.5 Å². The van der Waals surface area contributed by atoms with E-state index in [0.717, 1.165) is 5.56 Å². The van der Waals surface area contributed by atoms with Crippen LogP contribution in [0.2, 0.25) is 0 Å². The van der Waals surface area contributed by atoms with Crippen molar-refractivity contribution in [1.82, 2.24) is 0 Å². The van der Waals surface area contributed by atoms with Crippen LogP contribution >= 0.6 is 0 Å². The van der Waals surface area contributed by atoms with Gasteiger partial charge in [0.15, 0.2) is 6.61 Å². The number of carboxylic acids is 1. The molecule has 0 saturated heterocycles. The predicted molar refractivity (Wildman–Crippen MR) is 81.2 cm³/mol. The molecule has 0 radical (unpaired) electrons. The highest BCUT2D eigenvalue weighted by molar-refractivity contribution is 5.99. The molecule has 6 nitrogen and oxygen atoms in total. The SMILES string of the molecule is N#Cc1cccc(CN2C(=O)COc3cc(C(=O)O)ccc32)c1. The van der Waals surface area contributed by atoms with E-state index in [4.69, 9.17) is 15.1 Å². The minimum Gasteiger partial charge on any atom is -0.482 e. The van der Waals surface area contributed by atoms with E-state index < -0.39 is 5.97 Å². The van der Waals surface area contributed by atoms with Crippen LogP contribution < -0.4 is 9.64 Å². The van der Waals surface area contributed by atoms with Crippen molar-refractivity contribution in [2.75, 3.05) is 11.5 Å². The number of aromatic carboxylic acids is 1. The number of benzene rings is 2. The summed E-state index contributed by atoms with van der Waals surface area (Å²) in [5, 5.41) is 18.0. The Labute approximate surface area is 132 Å². The summed E-state index contributed by atoms with van der Waals surface area (Å²) in [6, 6.07) is 13.5. The Balaban J connectivity index is 1.95. The maximum absolute atomic E-state index is 12.2. The van der Waals surface area contributed by atoms with E-state index in [9.17, 15) is 9.59 Å². The zero-order chi connectivity index (χ0) is 16.4. The van der Waals surface area contributed by atoms with Gasteiger partial charge in [0, 0.05) is 0 Å². The molecule has 1 amide bonds. The van der Waals surface area contributed by atoms with Crippen LogP contribution in [0.25, 0.3) is 0 Å². The van der Waals surface area contributed by atoms with Gasteiger partial charge in [0.05, 0.1) is 29.4 Å². The average Bonchev–Trinajstić information content (AvgIpc) is 2.57. The Hall–Kier alpha value is -3.33. The molecular weight excluding hydrogens is 296 g/mol. The van der Waals surface area contributed by atoms with Gasteiger partial charge in [0.1, 0.15) is 5.75 Å². The van der Waals surface area contributed by atoms with E-state index in [-0.39, 0.29) is 24.6 Å². The van der Waals surface area contributed by atoms with Gasteiger partial charge in [0.25, 0.3) is 5.91 Å². The van der Waals surface area contributed by atoms with Gasteiger partial charge >= 0.3 is 5.97 Å². The van der Waals surface area contributed by atoms with Crippen LogP contribution in [0.1, 0.15) is 21.5 Å². The Kier molecular flexibility index (Phi) is 3.69. The Morgan fingerprint density at radius 1 is 1.30 bits per heavy atom. The lowest BCUT2D eigenvalue weighted by atomic mass is 10.1. The van der Waals surface area contributed by atoms with Crippen LogP contribution in [0.5, 0.6) is 5.75 Å². The summed E-state index contributed by atoms with van der Waals surface area (Å²) in [5.74, 6) is -0.912. The minimum absolute atomic E-state index is 0.101. The molecule has 0 atom stereocenters. The quantitative estimate of drug-likeness (QED) is 0.938. The van der Waals surface area contributed by atoms with E-state index in [1.807, 2.05) is 6.07 Å². The first kappa shape index (κ1) is 14.6. The standard InChI is InChI=1S/C17H12N2O4/c18-8-11-2-1-3-12(6-11)9-19-14-5-4-13(17(21)22)7-15(14)23-10-16(19)20/h1-7H,9-10H2,(H,21,22). The molecule has 2 aromatic carbocycles. The van der Waals surface area contributed by atoms with Gasteiger partial charge in [-0.05, 0) is 35.9 Å². The van der Waals surface area contributed by atoms with Crippen molar-refractivity contribution in [3.05, 3.63) is 59.2 Å². The molecule has 0 aromatic heterocycles. The lowest BCUT2D eigenvalue weighted by Crippen LogP contribution is -2.38. The third-order valence-corrected chi connectivity index (χ3v) is 3.55. The van der Waals surface area contributed by atoms with Gasteiger partial charge in [0.2, 0.25) is 0 Å². The van der Waals surface area contributed by atoms with E-state index in [2.05, 4.69) is 6.07 Å². The van der Waals surface area contributed by atoms with E-state index in [0.29, 0.717) is 17.0 Å². The number of fused-ring (bicyclic) bond motifs is 1. The molecule has 0 aliphatic carbocycles. The first-order valence-electron chi connectivity index (χ1n) is 6.88. The lowest BCUT2D eigenvalue weighted by Gasteiger charge is -2.29. The molecule has 0 saturated carbocycles. The number of amides is 1. The van der Waals surface area contributed by atoms with Crippen molar-refractivity contribution in [3.63, 3.8) is 0 Å². The van der Waals surface area contributed by atoms with E-state index >= 15 is 0 Å². The molecule has 3 rings (SSSR count). The molecule has 114 valence electrons. The van der Waals surface area contributed by atoms with Gasteiger partial charge in [-0.15, -0.1) is 0 Å². The van der Waals surface area contributed by atoms with Crippen molar-refractivity contribution in [2.45, 2.75) is 6.54 Å².